The van der Waals surface area contributed by atoms with Crippen molar-refractivity contribution < 1.29 is 19.1 Å². The third kappa shape index (κ3) is 2.85. The van der Waals surface area contributed by atoms with Gasteiger partial charge in [-0.05, 0) is 53.9 Å². The van der Waals surface area contributed by atoms with Gasteiger partial charge < -0.3 is 10.0 Å². The topological polar surface area (TPSA) is 57.6 Å². The zero-order valence-corrected chi connectivity index (χ0v) is 12.6. The van der Waals surface area contributed by atoms with E-state index in [0.717, 1.165) is 0 Å². The van der Waals surface area contributed by atoms with E-state index < -0.39 is 17.2 Å². The van der Waals surface area contributed by atoms with E-state index in [9.17, 15) is 14.0 Å². The lowest BCUT2D eigenvalue weighted by Gasteiger charge is -2.36. The van der Waals surface area contributed by atoms with Crippen LogP contribution in [0.2, 0.25) is 0 Å². The largest absolute Gasteiger partial charge is 0.481 e. The van der Waals surface area contributed by atoms with E-state index in [0.29, 0.717) is 36.0 Å². The van der Waals surface area contributed by atoms with Gasteiger partial charge in [0.05, 0.1) is 11.0 Å². The Morgan fingerprint density at radius 1 is 1.35 bits per heavy atom. The third-order valence-electron chi connectivity index (χ3n) is 3.83. The van der Waals surface area contributed by atoms with Gasteiger partial charge in [0.2, 0.25) is 0 Å². The molecule has 20 heavy (non-hydrogen) atoms. The van der Waals surface area contributed by atoms with Gasteiger partial charge in [-0.15, -0.1) is 0 Å². The number of benzene rings is 1. The van der Waals surface area contributed by atoms with E-state index in [4.69, 9.17) is 5.11 Å². The molecule has 0 atom stereocenters. The summed E-state index contributed by atoms with van der Waals surface area (Å²) in [5.41, 5.74) is -0.373. The lowest BCUT2D eigenvalue weighted by atomic mass is 9.80. The molecule has 0 aromatic heterocycles. The average molecular weight is 344 g/mol. The maximum absolute atomic E-state index is 13.0. The lowest BCUT2D eigenvalue weighted by molar-refractivity contribution is -0.150. The van der Waals surface area contributed by atoms with E-state index >= 15 is 0 Å². The van der Waals surface area contributed by atoms with E-state index in [1.54, 1.807) is 11.8 Å². The summed E-state index contributed by atoms with van der Waals surface area (Å²) in [5.74, 6) is -1.44. The molecule has 1 aromatic carbocycles. The van der Waals surface area contributed by atoms with Crippen molar-refractivity contribution in [2.75, 3.05) is 13.1 Å². The summed E-state index contributed by atoms with van der Waals surface area (Å²) in [6.07, 6.45) is 0.847. The Balaban J connectivity index is 2.11. The van der Waals surface area contributed by atoms with Crippen molar-refractivity contribution in [3.8, 4) is 0 Å². The van der Waals surface area contributed by atoms with Crippen LogP contribution in [0.1, 0.15) is 30.1 Å². The Morgan fingerprint density at radius 3 is 2.45 bits per heavy atom. The Kier molecular flexibility index (Phi) is 4.13. The van der Waals surface area contributed by atoms with Crippen LogP contribution in [0.15, 0.2) is 22.7 Å². The molecule has 1 amide bonds. The first-order chi connectivity index (χ1) is 9.33. The highest BCUT2D eigenvalue weighted by atomic mass is 79.9. The fraction of sp³-hybridized carbons (Fsp3) is 0.429. The number of nitrogens with zero attached hydrogens (tertiary/aromatic N) is 1. The lowest BCUT2D eigenvalue weighted by Crippen LogP contribution is -2.45. The Labute approximate surface area is 124 Å². The number of hydrogen-bond acceptors (Lipinski definition) is 2. The number of aliphatic carboxylic acids is 1. The van der Waals surface area contributed by atoms with Gasteiger partial charge in [0.15, 0.2) is 0 Å². The molecule has 1 aliphatic heterocycles. The highest BCUT2D eigenvalue weighted by Crippen LogP contribution is 2.32. The van der Waals surface area contributed by atoms with Gasteiger partial charge in [-0.3, -0.25) is 9.59 Å². The summed E-state index contributed by atoms with van der Waals surface area (Å²) >= 11 is 3.18. The molecular formula is C14H15BrFNO3. The second kappa shape index (κ2) is 5.52. The molecule has 0 unspecified atom stereocenters. The Bertz CT molecular complexity index is 553. The smallest absolute Gasteiger partial charge is 0.309 e. The zero-order chi connectivity index (χ0) is 14.9. The highest BCUT2D eigenvalue weighted by molar-refractivity contribution is 9.10. The molecule has 4 nitrogen and oxygen atoms in total. The molecule has 108 valence electrons. The van der Waals surface area contributed by atoms with Crippen LogP contribution < -0.4 is 0 Å². The first-order valence-corrected chi connectivity index (χ1v) is 7.10. The fourth-order valence-corrected chi connectivity index (χ4v) is 2.77. The minimum absolute atomic E-state index is 0.204. The predicted octanol–water partition coefficient (Wildman–Crippen LogP) is 2.92. The second-order valence-electron chi connectivity index (χ2n) is 5.28. The molecule has 1 N–H and O–H groups in total. The minimum Gasteiger partial charge on any atom is -0.481 e. The number of hydrogen-bond donors (Lipinski definition) is 1. The van der Waals surface area contributed by atoms with Gasteiger partial charge in [0.1, 0.15) is 5.82 Å². The van der Waals surface area contributed by atoms with E-state index in [1.165, 1.54) is 18.2 Å². The molecular weight excluding hydrogens is 329 g/mol. The van der Waals surface area contributed by atoms with Crippen LogP contribution in [0.4, 0.5) is 4.39 Å². The molecule has 1 heterocycles. The molecule has 0 saturated carbocycles. The van der Waals surface area contributed by atoms with Crippen LogP contribution in [0, 0.1) is 11.2 Å². The molecule has 0 radical (unpaired) electrons. The van der Waals surface area contributed by atoms with Gasteiger partial charge >= 0.3 is 5.97 Å². The fourth-order valence-electron chi connectivity index (χ4n) is 2.25. The Hall–Kier alpha value is -1.43. The van der Waals surface area contributed by atoms with E-state index in [-0.39, 0.29) is 5.91 Å². The maximum atomic E-state index is 13.0. The number of likely N-dealkylation sites (tertiary alicyclic amines) is 1. The first kappa shape index (κ1) is 15.0. The molecule has 0 bridgehead atoms. The number of rotatable bonds is 2. The molecule has 1 aliphatic rings. The van der Waals surface area contributed by atoms with Gasteiger partial charge in [0.25, 0.3) is 5.91 Å². The van der Waals surface area contributed by atoms with Gasteiger partial charge in [0, 0.05) is 17.6 Å². The molecule has 0 spiro atoms. The van der Waals surface area contributed by atoms with Crippen molar-refractivity contribution in [1.29, 1.82) is 0 Å². The summed E-state index contributed by atoms with van der Waals surface area (Å²) in [6.45, 7) is 2.49. The van der Waals surface area contributed by atoms with Gasteiger partial charge in [-0.1, -0.05) is 0 Å². The Morgan fingerprint density at radius 2 is 1.95 bits per heavy atom. The number of amides is 1. The predicted molar refractivity (Wildman–Crippen MR) is 75.0 cm³/mol. The third-order valence-corrected chi connectivity index (χ3v) is 4.49. The van der Waals surface area contributed by atoms with Crippen molar-refractivity contribution in [2.24, 2.45) is 5.41 Å². The normalized spacial score (nSPS) is 17.9. The number of carboxylic acid groups (broad SMARTS) is 1. The van der Waals surface area contributed by atoms with Crippen LogP contribution >= 0.6 is 15.9 Å². The molecule has 6 heteroatoms. The standard InChI is InChI=1S/C14H15BrFNO3/c1-14(13(19)20)4-6-17(7-5-14)12(18)10-3-2-9(16)8-11(10)15/h2-3,8H,4-7H2,1H3,(H,19,20). The number of carbonyl (C=O) groups excluding carboxylic acids is 1. The molecule has 1 fully saturated rings. The van der Waals surface area contributed by atoms with E-state index in [1.807, 2.05) is 0 Å². The number of halogens is 2. The van der Waals surface area contributed by atoms with E-state index in [2.05, 4.69) is 15.9 Å². The van der Waals surface area contributed by atoms with Crippen LogP contribution in [-0.2, 0) is 4.79 Å². The second-order valence-corrected chi connectivity index (χ2v) is 6.14. The summed E-state index contributed by atoms with van der Waals surface area (Å²) in [4.78, 5) is 25.1. The molecule has 1 aromatic rings. The molecule has 1 saturated heterocycles. The first-order valence-electron chi connectivity index (χ1n) is 6.31. The van der Waals surface area contributed by atoms with Crippen LogP contribution in [0.5, 0.6) is 0 Å². The van der Waals surface area contributed by atoms with Crippen molar-refractivity contribution in [3.63, 3.8) is 0 Å². The van der Waals surface area contributed by atoms with Gasteiger partial charge in [-0.2, -0.15) is 0 Å². The van der Waals surface area contributed by atoms with Crippen LogP contribution in [-0.4, -0.2) is 35.0 Å². The monoisotopic (exact) mass is 343 g/mol. The molecule has 0 aliphatic carbocycles. The summed E-state index contributed by atoms with van der Waals surface area (Å²) < 4.78 is 13.4. The summed E-state index contributed by atoms with van der Waals surface area (Å²) in [5, 5.41) is 9.16. The number of piperidine rings is 1. The number of carboxylic acids is 1. The highest BCUT2D eigenvalue weighted by Gasteiger charge is 2.38. The van der Waals surface area contributed by atoms with Crippen molar-refractivity contribution in [1.82, 2.24) is 4.90 Å². The number of carbonyl (C=O) groups is 2. The summed E-state index contributed by atoms with van der Waals surface area (Å²) in [6, 6.07) is 3.93. The maximum Gasteiger partial charge on any atom is 0.309 e. The van der Waals surface area contributed by atoms with Crippen molar-refractivity contribution in [2.45, 2.75) is 19.8 Å². The summed E-state index contributed by atoms with van der Waals surface area (Å²) in [7, 11) is 0. The van der Waals surface area contributed by atoms with Crippen LogP contribution in [0.25, 0.3) is 0 Å². The molecule has 2 rings (SSSR count). The minimum atomic E-state index is -0.826. The zero-order valence-electron chi connectivity index (χ0n) is 11.0. The SMILES string of the molecule is CC1(C(=O)O)CCN(C(=O)c2ccc(F)cc2Br)CC1. The van der Waals surface area contributed by atoms with Crippen molar-refractivity contribution >= 4 is 27.8 Å². The quantitative estimate of drug-likeness (QED) is 0.898. The average Bonchev–Trinajstić information content (AvgIpc) is 2.38. The van der Waals surface area contributed by atoms with Gasteiger partial charge in [-0.25, -0.2) is 4.39 Å². The van der Waals surface area contributed by atoms with Crippen molar-refractivity contribution in [3.05, 3.63) is 34.1 Å². The van der Waals surface area contributed by atoms with Crippen LogP contribution in [0.3, 0.4) is 0 Å².